The highest BCUT2D eigenvalue weighted by atomic mass is 15.3. The standard InChI is InChI=1S/C16H31N3/c1-6-7-8-9-10-15(17-4)11-12-16-13(2)18-19(5)14(16)3/h15,17H,6-12H2,1-5H3. The molecule has 1 N–H and O–H groups in total. The molecule has 0 radical (unpaired) electrons. The minimum Gasteiger partial charge on any atom is -0.317 e. The maximum atomic E-state index is 4.50. The molecule has 19 heavy (non-hydrogen) atoms. The number of aromatic nitrogens is 2. The third-order valence-electron chi connectivity index (χ3n) is 4.22. The molecule has 0 aliphatic carbocycles. The largest absolute Gasteiger partial charge is 0.317 e. The van der Waals surface area contributed by atoms with Crippen molar-refractivity contribution in [3.8, 4) is 0 Å². The minimum absolute atomic E-state index is 0.649. The van der Waals surface area contributed by atoms with Crippen LogP contribution in [-0.2, 0) is 13.5 Å². The number of rotatable bonds is 9. The number of nitrogens with zero attached hydrogens (tertiary/aromatic N) is 2. The van der Waals surface area contributed by atoms with Gasteiger partial charge in [-0.25, -0.2) is 0 Å². The Hall–Kier alpha value is -0.830. The van der Waals surface area contributed by atoms with Crippen LogP contribution in [0.1, 0.15) is 62.4 Å². The molecule has 1 unspecified atom stereocenters. The van der Waals surface area contributed by atoms with Crippen LogP contribution in [-0.4, -0.2) is 22.9 Å². The van der Waals surface area contributed by atoms with Crippen molar-refractivity contribution in [2.75, 3.05) is 7.05 Å². The van der Waals surface area contributed by atoms with Crippen LogP contribution in [0.2, 0.25) is 0 Å². The van der Waals surface area contributed by atoms with Gasteiger partial charge in [0, 0.05) is 18.8 Å². The molecule has 0 aromatic carbocycles. The van der Waals surface area contributed by atoms with Gasteiger partial charge in [0.05, 0.1) is 5.69 Å². The second-order valence-electron chi connectivity index (χ2n) is 5.65. The summed E-state index contributed by atoms with van der Waals surface area (Å²) in [6.07, 6.45) is 9.08. The lowest BCUT2D eigenvalue weighted by Gasteiger charge is -2.16. The molecular formula is C16H31N3. The predicted octanol–water partition coefficient (Wildman–Crippen LogP) is 3.53. The van der Waals surface area contributed by atoms with E-state index in [0.717, 1.165) is 6.42 Å². The number of hydrogen-bond acceptors (Lipinski definition) is 2. The van der Waals surface area contributed by atoms with Crippen LogP contribution in [0.15, 0.2) is 0 Å². The molecule has 0 saturated carbocycles. The first-order chi connectivity index (χ1) is 9.10. The van der Waals surface area contributed by atoms with Gasteiger partial charge in [0.2, 0.25) is 0 Å². The van der Waals surface area contributed by atoms with E-state index in [1.54, 1.807) is 0 Å². The van der Waals surface area contributed by atoms with Crippen LogP contribution in [0.4, 0.5) is 0 Å². The van der Waals surface area contributed by atoms with Crippen LogP contribution in [0.3, 0.4) is 0 Å². The van der Waals surface area contributed by atoms with Crippen LogP contribution >= 0.6 is 0 Å². The molecule has 0 saturated heterocycles. The van der Waals surface area contributed by atoms with Gasteiger partial charge in [-0.05, 0) is 45.7 Å². The highest BCUT2D eigenvalue weighted by Gasteiger charge is 2.12. The lowest BCUT2D eigenvalue weighted by atomic mass is 9.99. The second-order valence-corrected chi connectivity index (χ2v) is 5.65. The summed E-state index contributed by atoms with van der Waals surface area (Å²) in [5.41, 5.74) is 3.95. The molecule has 0 bridgehead atoms. The summed E-state index contributed by atoms with van der Waals surface area (Å²) in [6, 6.07) is 0.649. The molecule has 0 fully saturated rings. The maximum Gasteiger partial charge on any atom is 0.0628 e. The maximum absolute atomic E-state index is 4.50. The molecular weight excluding hydrogens is 234 g/mol. The predicted molar refractivity (Wildman–Crippen MR) is 82.6 cm³/mol. The Kier molecular flexibility index (Phi) is 7.14. The molecule has 0 spiro atoms. The first-order valence-corrected chi connectivity index (χ1v) is 7.76. The average Bonchev–Trinajstić information content (AvgIpc) is 2.63. The molecule has 1 aromatic heterocycles. The third-order valence-corrected chi connectivity index (χ3v) is 4.22. The highest BCUT2D eigenvalue weighted by Crippen LogP contribution is 2.17. The van der Waals surface area contributed by atoms with E-state index in [4.69, 9.17) is 0 Å². The van der Waals surface area contributed by atoms with Gasteiger partial charge < -0.3 is 5.32 Å². The summed E-state index contributed by atoms with van der Waals surface area (Å²) in [6.45, 7) is 6.56. The number of nitrogens with one attached hydrogen (secondary N) is 1. The van der Waals surface area contributed by atoms with E-state index in [2.05, 4.69) is 38.2 Å². The first-order valence-electron chi connectivity index (χ1n) is 7.76. The van der Waals surface area contributed by atoms with Crippen LogP contribution < -0.4 is 5.32 Å². The minimum atomic E-state index is 0.649. The fourth-order valence-electron chi connectivity index (χ4n) is 2.75. The normalized spacial score (nSPS) is 12.9. The Morgan fingerprint density at radius 3 is 2.42 bits per heavy atom. The van der Waals surface area contributed by atoms with Crippen LogP contribution in [0, 0.1) is 13.8 Å². The van der Waals surface area contributed by atoms with Crippen molar-refractivity contribution in [1.29, 1.82) is 0 Å². The third kappa shape index (κ3) is 4.98. The molecule has 1 heterocycles. The van der Waals surface area contributed by atoms with Crippen LogP contribution in [0.25, 0.3) is 0 Å². The van der Waals surface area contributed by atoms with E-state index in [1.807, 2.05) is 11.7 Å². The van der Waals surface area contributed by atoms with Gasteiger partial charge in [-0.3, -0.25) is 4.68 Å². The van der Waals surface area contributed by atoms with Crippen molar-refractivity contribution in [1.82, 2.24) is 15.1 Å². The zero-order valence-corrected chi connectivity index (χ0v) is 13.4. The Balaban J connectivity index is 2.40. The zero-order valence-electron chi connectivity index (χ0n) is 13.4. The monoisotopic (exact) mass is 265 g/mol. The van der Waals surface area contributed by atoms with Crippen LogP contribution in [0.5, 0.6) is 0 Å². The SMILES string of the molecule is CCCCCCC(CCc1c(C)nn(C)c1C)NC. The summed E-state index contributed by atoms with van der Waals surface area (Å²) >= 11 is 0. The fraction of sp³-hybridized carbons (Fsp3) is 0.812. The van der Waals surface area contributed by atoms with E-state index >= 15 is 0 Å². The van der Waals surface area contributed by atoms with Gasteiger partial charge in [-0.15, -0.1) is 0 Å². The van der Waals surface area contributed by atoms with Gasteiger partial charge in [0.25, 0.3) is 0 Å². The Labute approximate surface area is 118 Å². The molecule has 1 aromatic rings. The molecule has 110 valence electrons. The Morgan fingerprint density at radius 2 is 1.89 bits per heavy atom. The summed E-state index contributed by atoms with van der Waals surface area (Å²) in [7, 11) is 4.12. The van der Waals surface area contributed by atoms with Crippen molar-refractivity contribution < 1.29 is 0 Å². The van der Waals surface area contributed by atoms with E-state index in [-0.39, 0.29) is 0 Å². The van der Waals surface area contributed by atoms with E-state index in [0.29, 0.717) is 6.04 Å². The smallest absolute Gasteiger partial charge is 0.0628 e. The lowest BCUT2D eigenvalue weighted by molar-refractivity contribution is 0.461. The van der Waals surface area contributed by atoms with E-state index in [1.165, 1.54) is 55.5 Å². The van der Waals surface area contributed by atoms with Gasteiger partial charge in [0.15, 0.2) is 0 Å². The van der Waals surface area contributed by atoms with Crippen molar-refractivity contribution in [2.45, 2.75) is 71.8 Å². The summed E-state index contributed by atoms with van der Waals surface area (Å²) in [5, 5.41) is 7.96. The Bertz CT molecular complexity index is 368. The van der Waals surface area contributed by atoms with E-state index < -0.39 is 0 Å². The van der Waals surface area contributed by atoms with Crippen molar-refractivity contribution in [3.63, 3.8) is 0 Å². The highest BCUT2D eigenvalue weighted by molar-refractivity contribution is 5.24. The van der Waals surface area contributed by atoms with Gasteiger partial charge in [0.1, 0.15) is 0 Å². The van der Waals surface area contributed by atoms with E-state index in [9.17, 15) is 0 Å². The summed E-state index contributed by atoms with van der Waals surface area (Å²) in [5.74, 6) is 0. The van der Waals surface area contributed by atoms with Crippen molar-refractivity contribution >= 4 is 0 Å². The summed E-state index contributed by atoms with van der Waals surface area (Å²) < 4.78 is 2.00. The Morgan fingerprint density at radius 1 is 1.16 bits per heavy atom. The molecule has 0 amide bonds. The topological polar surface area (TPSA) is 29.9 Å². The molecule has 0 aliphatic heterocycles. The molecule has 1 rings (SSSR count). The number of hydrogen-bond donors (Lipinski definition) is 1. The average molecular weight is 265 g/mol. The number of unbranched alkanes of at least 4 members (excludes halogenated alkanes) is 3. The second kappa shape index (κ2) is 8.36. The molecule has 0 aliphatic rings. The fourth-order valence-corrected chi connectivity index (χ4v) is 2.75. The van der Waals surface area contributed by atoms with Gasteiger partial charge in [-0.2, -0.15) is 5.10 Å². The van der Waals surface area contributed by atoms with Gasteiger partial charge in [-0.1, -0.05) is 32.6 Å². The van der Waals surface area contributed by atoms with Crippen molar-refractivity contribution in [3.05, 3.63) is 17.0 Å². The zero-order chi connectivity index (χ0) is 14.3. The first kappa shape index (κ1) is 16.2. The lowest BCUT2D eigenvalue weighted by Crippen LogP contribution is -2.25. The molecule has 1 atom stereocenters. The van der Waals surface area contributed by atoms with Gasteiger partial charge >= 0.3 is 0 Å². The molecule has 3 nitrogen and oxygen atoms in total. The number of aryl methyl sites for hydroxylation is 2. The molecule has 3 heteroatoms. The summed E-state index contributed by atoms with van der Waals surface area (Å²) in [4.78, 5) is 0. The van der Waals surface area contributed by atoms with Crippen molar-refractivity contribution in [2.24, 2.45) is 7.05 Å². The quantitative estimate of drug-likeness (QED) is 0.692.